The summed E-state index contributed by atoms with van der Waals surface area (Å²) in [4.78, 5) is 18.3. The Morgan fingerprint density at radius 1 is 1.40 bits per heavy atom. The number of nitrogens with zero attached hydrogens (tertiary/aromatic N) is 2. The fourth-order valence-electron chi connectivity index (χ4n) is 2.88. The topological polar surface area (TPSA) is 71.2 Å². The number of anilines is 1. The summed E-state index contributed by atoms with van der Waals surface area (Å²) in [5.74, 6) is 1.10. The van der Waals surface area contributed by atoms with E-state index in [-0.39, 0.29) is 0 Å². The first-order chi connectivity index (χ1) is 9.74. The lowest BCUT2D eigenvalue weighted by atomic mass is 10.1. The van der Waals surface area contributed by atoms with E-state index in [0.717, 1.165) is 31.4 Å². The van der Waals surface area contributed by atoms with Gasteiger partial charge in [0.25, 0.3) is 5.91 Å². The van der Waals surface area contributed by atoms with Crippen molar-refractivity contribution in [3.8, 4) is 0 Å². The van der Waals surface area contributed by atoms with Gasteiger partial charge >= 0.3 is 0 Å². The molecule has 108 valence electrons. The largest absolute Gasteiger partial charge is 0.365 e. The average molecular weight is 274 g/mol. The average Bonchev–Trinajstić information content (AvgIpc) is 3.12. The highest BCUT2D eigenvalue weighted by atomic mass is 16.1. The van der Waals surface area contributed by atoms with Gasteiger partial charge in [0.15, 0.2) is 0 Å². The lowest BCUT2D eigenvalue weighted by Gasteiger charge is -2.28. The van der Waals surface area contributed by atoms with Crippen LogP contribution in [0.1, 0.15) is 36.0 Å². The van der Waals surface area contributed by atoms with Crippen LogP contribution in [0.5, 0.6) is 0 Å². The molecular weight excluding hydrogens is 252 g/mol. The number of rotatable bonds is 6. The summed E-state index contributed by atoms with van der Waals surface area (Å²) in [7, 11) is 0. The van der Waals surface area contributed by atoms with E-state index in [2.05, 4.69) is 15.2 Å². The Bertz CT molecular complexity index is 481. The molecule has 2 fully saturated rings. The number of aromatic nitrogens is 1. The Morgan fingerprint density at radius 3 is 2.90 bits per heavy atom. The van der Waals surface area contributed by atoms with Gasteiger partial charge < -0.3 is 16.0 Å². The van der Waals surface area contributed by atoms with Gasteiger partial charge in [0, 0.05) is 25.3 Å². The molecule has 1 unspecified atom stereocenters. The van der Waals surface area contributed by atoms with Gasteiger partial charge in [-0.05, 0) is 50.3 Å². The van der Waals surface area contributed by atoms with Gasteiger partial charge in [-0.25, -0.2) is 4.98 Å². The van der Waals surface area contributed by atoms with Crippen LogP contribution < -0.4 is 16.0 Å². The third kappa shape index (κ3) is 3.10. The summed E-state index contributed by atoms with van der Waals surface area (Å²) in [5.41, 5.74) is 6.02. The fraction of sp³-hybridized carbons (Fsp3) is 0.600. The molecule has 1 saturated carbocycles. The number of primary amides is 1. The van der Waals surface area contributed by atoms with Crippen molar-refractivity contribution in [2.45, 2.75) is 31.7 Å². The van der Waals surface area contributed by atoms with Crippen molar-refractivity contribution in [2.75, 3.05) is 24.5 Å². The maximum Gasteiger partial charge on any atom is 0.252 e. The Labute approximate surface area is 119 Å². The van der Waals surface area contributed by atoms with Gasteiger partial charge in [0.05, 0.1) is 5.56 Å². The molecule has 1 aliphatic heterocycles. The van der Waals surface area contributed by atoms with Gasteiger partial charge in [0.1, 0.15) is 5.82 Å². The van der Waals surface area contributed by atoms with Crippen molar-refractivity contribution in [2.24, 2.45) is 11.7 Å². The molecule has 1 saturated heterocycles. The number of amides is 1. The van der Waals surface area contributed by atoms with E-state index < -0.39 is 5.91 Å². The molecule has 0 radical (unpaired) electrons. The van der Waals surface area contributed by atoms with Gasteiger partial charge in [-0.15, -0.1) is 0 Å². The normalized spacial score (nSPS) is 21.9. The summed E-state index contributed by atoms with van der Waals surface area (Å²) in [6.07, 6.45) is 6.73. The highest BCUT2D eigenvalue weighted by Gasteiger charge is 2.28. The van der Waals surface area contributed by atoms with Gasteiger partial charge in [-0.2, -0.15) is 0 Å². The van der Waals surface area contributed by atoms with Crippen molar-refractivity contribution in [3.05, 3.63) is 23.9 Å². The van der Waals surface area contributed by atoms with Crippen LogP contribution in [-0.4, -0.2) is 36.6 Å². The number of nitrogens with one attached hydrogen (secondary N) is 1. The highest BCUT2D eigenvalue weighted by molar-refractivity contribution is 5.97. The number of hydrogen-bond acceptors (Lipinski definition) is 4. The minimum Gasteiger partial charge on any atom is -0.365 e. The van der Waals surface area contributed by atoms with Crippen molar-refractivity contribution in [1.82, 2.24) is 10.3 Å². The summed E-state index contributed by atoms with van der Waals surface area (Å²) in [6.45, 7) is 2.98. The van der Waals surface area contributed by atoms with Crippen LogP contribution in [0, 0.1) is 5.92 Å². The second kappa shape index (κ2) is 5.79. The summed E-state index contributed by atoms with van der Waals surface area (Å²) < 4.78 is 0. The summed E-state index contributed by atoms with van der Waals surface area (Å²) in [6, 6.07) is 4.04. The molecule has 0 spiro atoms. The molecule has 1 atom stereocenters. The fourth-order valence-corrected chi connectivity index (χ4v) is 2.88. The molecule has 2 heterocycles. The summed E-state index contributed by atoms with van der Waals surface area (Å²) >= 11 is 0. The van der Waals surface area contributed by atoms with Crippen LogP contribution in [0.15, 0.2) is 18.3 Å². The summed E-state index contributed by atoms with van der Waals surface area (Å²) in [5, 5.41) is 3.51. The van der Waals surface area contributed by atoms with Crippen LogP contribution in [0.4, 0.5) is 5.82 Å². The molecule has 0 aromatic carbocycles. The minimum absolute atomic E-state index is 0.395. The van der Waals surface area contributed by atoms with Crippen LogP contribution >= 0.6 is 0 Å². The quantitative estimate of drug-likeness (QED) is 0.816. The lowest BCUT2D eigenvalue weighted by Crippen LogP contribution is -2.40. The van der Waals surface area contributed by atoms with Crippen LogP contribution in [0.2, 0.25) is 0 Å². The SMILES string of the molecule is NC(=O)c1cccnc1N(CC1CC1)CC1CCCN1. The van der Waals surface area contributed by atoms with Gasteiger partial charge in [0.2, 0.25) is 0 Å². The van der Waals surface area contributed by atoms with Gasteiger partial charge in [-0.3, -0.25) is 4.79 Å². The first-order valence-corrected chi connectivity index (χ1v) is 7.47. The molecule has 1 aromatic rings. The molecule has 1 aromatic heterocycles. The van der Waals surface area contributed by atoms with Crippen molar-refractivity contribution >= 4 is 11.7 Å². The minimum atomic E-state index is -0.395. The maximum atomic E-state index is 11.6. The van der Waals surface area contributed by atoms with E-state index in [1.165, 1.54) is 25.7 Å². The molecule has 20 heavy (non-hydrogen) atoms. The third-order valence-corrected chi connectivity index (χ3v) is 4.13. The zero-order valence-corrected chi connectivity index (χ0v) is 11.7. The zero-order chi connectivity index (χ0) is 13.9. The van der Waals surface area contributed by atoms with E-state index in [1.807, 2.05) is 0 Å². The second-order valence-electron chi connectivity index (χ2n) is 5.88. The van der Waals surface area contributed by atoms with E-state index in [4.69, 9.17) is 5.73 Å². The van der Waals surface area contributed by atoms with Crippen LogP contribution in [-0.2, 0) is 0 Å². The van der Waals surface area contributed by atoms with E-state index in [9.17, 15) is 4.79 Å². The number of carbonyl (C=O) groups is 1. The Balaban J connectivity index is 1.81. The standard InChI is InChI=1S/C15H22N4O/c16-14(20)13-4-2-8-18-15(13)19(9-11-5-6-11)10-12-3-1-7-17-12/h2,4,8,11-12,17H,1,3,5-7,9-10H2,(H2,16,20). The van der Waals surface area contributed by atoms with Crippen molar-refractivity contribution in [1.29, 1.82) is 0 Å². The molecule has 1 aliphatic carbocycles. The molecule has 2 aliphatic rings. The Kier molecular flexibility index (Phi) is 3.87. The predicted octanol–water partition coefficient (Wildman–Crippen LogP) is 1.15. The Hall–Kier alpha value is -1.62. The molecule has 0 bridgehead atoms. The van der Waals surface area contributed by atoms with Crippen molar-refractivity contribution < 1.29 is 4.79 Å². The van der Waals surface area contributed by atoms with E-state index in [1.54, 1.807) is 18.3 Å². The number of nitrogens with two attached hydrogens (primary N) is 1. The highest BCUT2D eigenvalue weighted by Crippen LogP contribution is 2.32. The first-order valence-electron chi connectivity index (χ1n) is 7.47. The lowest BCUT2D eigenvalue weighted by molar-refractivity contribution is 0.100. The number of carbonyl (C=O) groups excluding carboxylic acids is 1. The molecule has 3 rings (SSSR count). The van der Waals surface area contributed by atoms with Crippen molar-refractivity contribution in [3.63, 3.8) is 0 Å². The van der Waals surface area contributed by atoms with Gasteiger partial charge in [-0.1, -0.05) is 0 Å². The zero-order valence-electron chi connectivity index (χ0n) is 11.7. The molecular formula is C15H22N4O. The predicted molar refractivity (Wildman–Crippen MR) is 78.7 cm³/mol. The molecule has 5 heteroatoms. The van der Waals surface area contributed by atoms with E-state index >= 15 is 0 Å². The molecule has 5 nitrogen and oxygen atoms in total. The second-order valence-corrected chi connectivity index (χ2v) is 5.88. The molecule has 1 amide bonds. The van der Waals surface area contributed by atoms with Crippen LogP contribution in [0.3, 0.4) is 0 Å². The van der Waals surface area contributed by atoms with E-state index in [0.29, 0.717) is 11.6 Å². The number of pyridine rings is 1. The monoisotopic (exact) mass is 274 g/mol. The number of hydrogen-bond donors (Lipinski definition) is 2. The molecule has 3 N–H and O–H groups in total. The third-order valence-electron chi connectivity index (χ3n) is 4.13. The maximum absolute atomic E-state index is 11.6. The first kappa shape index (κ1) is 13.4. The van der Waals surface area contributed by atoms with Crippen LogP contribution in [0.25, 0.3) is 0 Å². The Morgan fingerprint density at radius 2 is 2.25 bits per heavy atom. The smallest absolute Gasteiger partial charge is 0.252 e.